The van der Waals surface area contributed by atoms with Crippen LogP contribution in [-0.2, 0) is 4.74 Å². The molecule has 0 amide bonds. The first-order valence-electron chi connectivity index (χ1n) is 15.8. The molecule has 0 aliphatic heterocycles. The molecule has 10 nitrogen and oxygen atoms in total. The van der Waals surface area contributed by atoms with Crippen molar-refractivity contribution in [3.8, 4) is 28.7 Å². The third-order valence-electron chi connectivity index (χ3n) is 7.32. The van der Waals surface area contributed by atoms with Crippen molar-refractivity contribution in [2.24, 2.45) is 0 Å². The summed E-state index contributed by atoms with van der Waals surface area (Å²) < 4.78 is 66.0. The van der Waals surface area contributed by atoms with Crippen molar-refractivity contribution in [2.45, 2.75) is 68.0 Å². The van der Waals surface area contributed by atoms with Crippen LogP contribution in [0.1, 0.15) is 51.5 Å². The molecule has 4 heterocycles. The Balaban J connectivity index is 0.000000335. The number of hydrogen-bond donors (Lipinski definition) is 0. The van der Waals surface area contributed by atoms with Crippen LogP contribution in [0.4, 0.5) is 13.2 Å². The van der Waals surface area contributed by atoms with E-state index < -0.39 is 12.8 Å². The summed E-state index contributed by atoms with van der Waals surface area (Å²) in [4.78, 5) is 16.4. The Morgan fingerprint density at radius 1 is 0.540 bits per heavy atom. The lowest BCUT2D eigenvalue weighted by molar-refractivity contribution is -0.153. The topological polar surface area (TPSA) is 107 Å². The molecule has 0 unspecified atom stereocenters. The van der Waals surface area contributed by atoms with Gasteiger partial charge in [-0.25, -0.2) is 0 Å². The molecule has 0 bridgehead atoms. The van der Waals surface area contributed by atoms with Crippen molar-refractivity contribution >= 4 is 0 Å². The Hall–Kier alpha value is -4.65. The van der Waals surface area contributed by atoms with Crippen molar-refractivity contribution in [3.63, 3.8) is 0 Å². The Morgan fingerprint density at radius 2 is 1.02 bits per heavy atom. The van der Waals surface area contributed by atoms with Gasteiger partial charge < -0.3 is 28.4 Å². The van der Waals surface area contributed by atoms with Gasteiger partial charge in [-0.1, -0.05) is 0 Å². The summed E-state index contributed by atoms with van der Waals surface area (Å²) >= 11 is 0. The normalized spacial score (nSPS) is 10.3. The van der Waals surface area contributed by atoms with Crippen LogP contribution in [0.15, 0.2) is 43.0 Å². The monoisotopic (exact) mass is 704 g/mol. The molecule has 276 valence electrons. The van der Waals surface area contributed by atoms with Crippen LogP contribution in [0.2, 0.25) is 0 Å². The molecule has 0 aliphatic rings. The number of methoxy groups -OCH3 is 4. The average Bonchev–Trinajstić information content (AvgIpc) is 3.08. The first-order chi connectivity index (χ1) is 23.6. The molecule has 0 saturated carbocycles. The minimum atomic E-state index is -4.30. The molecule has 0 atom stereocenters. The summed E-state index contributed by atoms with van der Waals surface area (Å²) in [5.41, 5.74) is 7.54. The van der Waals surface area contributed by atoms with Gasteiger partial charge in [0.2, 0.25) is 0 Å². The molecular formula is C37H51F3N4O6. The van der Waals surface area contributed by atoms with Gasteiger partial charge in [-0.05, 0) is 67.5 Å². The summed E-state index contributed by atoms with van der Waals surface area (Å²) in [5, 5.41) is 0. The lowest BCUT2D eigenvalue weighted by Crippen LogP contribution is -2.19. The minimum absolute atomic E-state index is 0.231. The maximum atomic E-state index is 11.8. The van der Waals surface area contributed by atoms with Crippen molar-refractivity contribution in [1.29, 1.82) is 0 Å². The van der Waals surface area contributed by atoms with Gasteiger partial charge in [-0.15, -0.1) is 0 Å². The van der Waals surface area contributed by atoms with Crippen LogP contribution < -0.4 is 23.7 Å². The predicted octanol–water partition coefficient (Wildman–Crippen LogP) is 8.18. The summed E-state index contributed by atoms with van der Waals surface area (Å²) in [5.74, 6) is 3.54. The average molecular weight is 705 g/mol. The van der Waals surface area contributed by atoms with Gasteiger partial charge in [0.15, 0.2) is 18.1 Å². The molecule has 13 heteroatoms. The van der Waals surface area contributed by atoms with Gasteiger partial charge in [0.05, 0.1) is 33.6 Å². The number of rotatable bonds is 10. The molecule has 0 spiro atoms. The minimum Gasteiger partial charge on any atom is -0.496 e. The van der Waals surface area contributed by atoms with E-state index in [2.05, 4.69) is 24.7 Å². The van der Waals surface area contributed by atoms with E-state index in [0.29, 0.717) is 23.6 Å². The highest BCUT2D eigenvalue weighted by Crippen LogP contribution is 2.28. The summed E-state index contributed by atoms with van der Waals surface area (Å²) in [6.07, 6.45) is 3.33. The molecule has 0 N–H and O–H groups in total. The maximum absolute atomic E-state index is 11.8. The van der Waals surface area contributed by atoms with Crippen LogP contribution in [0, 0.1) is 55.4 Å². The number of hydrogen-bond acceptors (Lipinski definition) is 10. The number of halogens is 3. The number of ether oxygens (including phenoxy) is 6. The molecule has 4 aromatic rings. The van der Waals surface area contributed by atoms with Crippen molar-refractivity contribution in [2.75, 3.05) is 48.3 Å². The van der Waals surface area contributed by atoms with E-state index >= 15 is 0 Å². The second kappa shape index (κ2) is 22.1. The highest BCUT2D eigenvalue weighted by atomic mass is 19.4. The second-order valence-corrected chi connectivity index (χ2v) is 11.0. The Bertz CT molecular complexity index is 1600. The second-order valence-electron chi connectivity index (χ2n) is 11.0. The van der Waals surface area contributed by atoms with Crippen LogP contribution >= 0.6 is 0 Å². The molecule has 0 saturated heterocycles. The van der Waals surface area contributed by atoms with Gasteiger partial charge in [-0.3, -0.25) is 19.9 Å². The van der Waals surface area contributed by atoms with Crippen LogP contribution in [0.25, 0.3) is 0 Å². The number of pyridine rings is 4. The zero-order chi connectivity index (χ0) is 37.9. The molecule has 4 aromatic heterocycles. The maximum Gasteiger partial charge on any atom is 0.422 e. The first kappa shape index (κ1) is 43.4. The third-order valence-corrected chi connectivity index (χ3v) is 7.32. The largest absolute Gasteiger partial charge is 0.496 e. The molecule has 4 rings (SSSR count). The van der Waals surface area contributed by atoms with Crippen LogP contribution in [-0.4, -0.2) is 74.4 Å². The molecule has 50 heavy (non-hydrogen) atoms. The van der Waals surface area contributed by atoms with E-state index in [1.807, 2.05) is 53.8 Å². The smallest absolute Gasteiger partial charge is 0.422 e. The lowest BCUT2D eigenvalue weighted by atomic mass is 10.1. The van der Waals surface area contributed by atoms with E-state index in [-0.39, 0.29) is 5.75 Å². The van der Waals surface area contributed by atoms with Gasteiger partial charge in [0.25, 0.3) is 0 Å². The number of aromatic nitrogens is 4. The zero-order valence-electron chi connectivity index (χ0n) is 31.2. The van der Waals surface area contributed by atoms with Crippen LogP contribution in [0.3, 0.4) is 0 Å². The molecule has 0 fully saturated rings. The molecule has 0 aromatic carbocycles. The van der Waals surface area contributed by atoms with Gasteiger partial charge in [0.1, 0.15) is 17.2 Å². The number of alkyl halides is 3. The van der Waals surface area contributed by atoms with Crippen LogP contribution in [0.5, 0.6) is 28.7 Å². The standard InChI is InChI=1S/C11H17NO2.C9H10F3NO.C9H13NO.C8H11NO2/c1-9-10(2)12-6-5-11(9)14-8-4-7-13-3;1-6-7(2)13-4-3-8(6)14-5-9(10,11)12;1-6-5-10-8(3)7(2)9(6)11-4;1-6-8(11-3)7(10-2)4-5-9-6/h5-6H,4,7-8H2,1-3H3;3-4H,5H2,1-2H3;5H,1-4H3;4-5H,1-3H3. The Labute approximate surface area is 294 Å². The highest BCUT2D eigenvalue weighted by Gasteiger charge is 2.28. The lowest BCUT2D eigenvalue weighted by Gasteiger charge is -2.11. The first-order valence-corrected chi connectivity index (χ1v) is 15.8. The zero-order valence-corrected chi connectivity index (χ0v) is 31.2. The molecule has 0 aliphatic carbocycles. The van der Waals surface area contributed by atoms with Gasteiger partial charge >= 0.3 is 6.18 Å². The quantitative estimate of drug-likeness (QED) is 0.150. The molecular weight excluding hydrogens is 653 g/mol. The van der Waals surface area contributed by atoms with E-state index in [0.717, 1.165) is 64.0 Å². The van der Waals surface area contributed by atoms with E-state index in [1.165, 1.54) is 12.3 Å². The van der Waals surface area contributed by atoms with Gasteiger partial charge in [-0.2, -0.15) is 13.2 Å². The number of nitrogens with zero attached hydrogens (tertiary/aromatic N) is 4. The van der Waals surface area contributed by atoms with E-state index in [4.69, 9.17) is 23.7 Å². The fourth-order valence-corrected chi connectivity index (χ4v) is 4.15. The summed E-state index contributed by atoms with van der Waals surface area (Å²) in [6, 6.07) is 5.09. The predicted molar refractivity (Wildman–Crippen MR) is 188 cm³/mol. The summed E-state index contributed by atoms with van der Waals surface area (Å²) in [7, 11) is 6.60. The van der Waals surface area contributed by atoms with Crippen molar-refractivity contribution < 1.29 is 41.6 Å². The van der Waals surface area contributed by atoms with E-state index in [1.54, 1.807) is 60.7 Å². The summed E-state index contributed by atoms with van der Waals surface area (Å²) in [6.45, 7) is 15.4. The fraction of sp³-hybridized carbons (Fsp3) is 0.459. The third kappa shape index (κ3) is 14.9. The Kier molecular flexibility index (Phi) is 19.2. The Morgan fingerprint density at radius 3 is 1.46 bits per heavy atom. The SMILES string of the molecule is COCCCOc1ccnc(C)c1C.COc1c(C)cnc(C)c1C.COc1ccnc(C)c1OC.Cc1nccc(OCC(F)(F)F)c1C. The van der Waals surface area contributed by atoms with Crippen molar-refractivity contribution in [1.82, 2.24) is 19.9 Å². The fourth-order valence-electron chi connectivity index (χ4n) is 4.15. The highest BCUT2D eigenvalue weighted by molar-refractivity contribution is 5.42. The number of aryl methyl sites for hydroxylation is 5. The van der Waals surface area contributed by atoms with E-state index in [9.17, 15) is 13.2 Å². The van der Waals surface area contributed by atoms with Crippen molar-refractivity contribution in [3.05, 3.63) is 88.0 Å². The van der Waals surface area contributed by atoms with Gasteiger partial charge in [0, 0.05) is 90.3 Å². The molecule has 0 radical (unpaired) electrons.